The van der Waals surface area contributed by atoms with Crippen LogP contribution in [-0.2, 0) is 5.88 Å². The van der Waals surface area contributed by atoms with Gasteiger partial charge in [0.25, 0.3) is 0 Å². The van der Waals surface area contributed by atoms with E-state index in [0.717, 1.165) is 0 Å². The van der Waals surface area contributed by atoms with Crippen LogP contribution in [0, 0.1) is 0 Å². The summed E-state index contributed by atoms with van der Waals surface area (Å²) < 4.78 is 0. The van der Waals surface area contributed by atoms with Crippen molar-refractivity contribution in [1.29, 1.82) is 0 Å². The molecule has 0 aliphatic heterocycles. The first-order valence-corrected chi connectivity index (χ1v) is 4.78. The maximum atomic E-state index is 5.75. The van der Waals surface area contributed by atoms with E-state index in [-0.39, 0.29) is 0 Å². The molecular weight excluding hydrogens is 168 g/mol. The lowest BCUT2D eigenvalue weighted by atomic mass is 9.91. The fraction of sp³-hybridized carbons (Fsp3) is 0.273. The topological polar surface area (TPSA) is 0 Å². The third kappa shape index (κ3) is 1.39. The summed E-state index contributed by atoms with van der Waals surface area (Å²) in [4.78, 5) is 0. The van der Waals surface area contributed by atoms with E-state index in [1.165, 1.54) is 29.5 Å². The second kappa shape index (κ2) is 3.32. The highest BCUT2D eigenvalue weighted by molar-refractivity contribution is 6.17. The van der Waals surface area contributed by atoms with Gasteiger partial charge in [0, 0.05) is 5.88 Å². The van der Waals surface area contributed by atoms with Gasteiger partial charge >= 0.3 is 0 Å². The first kappa shape index (κ1) is 7.88. The van der Waals surface area contributed by atoms with Crippen molar-refractivity contribution >= 4 is 17.2 Å². The molecule has 0 heterocycles. The van der Waals surface area contributed by atoms with Crippen molar-refractivity contribution in [3.05, 3.63) is 41.5 Å². The molecule has 0 aromatic heterocycles. The first-order valence-electron chi connectivity index (χ1n) is 4.24. The van der Waals surface area contributed by atoms with Crippen LogP contribution in [-0.4, -0.2) is 0 Å². The molecule has 0 atom stereocenters. The van der Waals surface area contributed by atoms with Gasteiger partial charge in [0.15, 0.2) is 0 Å². The minimum atomic E-state index is 0.612. The van der Waals surface area contributed by atoms with Crippen LogP contribution in [0.5, 0.6) is 0 Å². The Kier molecular flexibility index (Phi) is 2.18. The van der Waals surface area contributed by atoms with Gasteiger partial charge in [-0.05, 0) is 29.5 Å². The molecule has 1 aliphatic rings. The van der Waals surface area contributed by atoms with Crippen molar-refractivity contribution in [3.63, 3.8) is 0 Å². The Morgan fingerprint density at radius 2 is 2.17 bits per heavy atom. The second-order valence-corrected chi connectivity index (χ2v) is 3.37. The average Bonchev–Trinajstić information content (AvgIpc) is 2.02. The summed E-state index contributed by atoms with van der Waals surface area (Å²) in [5.41, 5.74) is 4.03. The van der Waals surface area contributed by atoms with Crippen LogP contribution in [0.3, 0.4) is 0 Å². The Morgan fingerprint density at radius 1 is 1.33 bits per heavy atom. The molecule has 1 aromatic carbocycles. The lowest BCUT2D eigenvalue weighted by Crippen LogP contribution is -1.93. The number of benzene rings is 1. The zero-order valence-electron chi connectivity index (χ0n) is 6.89. The molecule has 0 spiro atoms. The highest BCUT2D eigenvalue weighted by Crippen LogP contribution is 2.29. The minimum absolute atomic E-state index is 0.612. The first-order chi connectivity index (χ1) is 5.90. The normalized spacial score (nSPS) is 15.2. The van der Waals surface area contributed by atoms with Crippen LogP contribution in [0.2, 0.25) is 0 Å². The van der Waals surface area contributed by atoms with Crippen LogP contribution in [0.25, 0.3) is 5.57 Å². The quantitative estimate of drug-likeness (QED) is 0.607. The third-order valence-corrected chi connectivity index (χ3v) is 2.57. The van der Waals surface area contributed by atoms with Crippen LogP contribution in [0.1, 0.15) is 24.0 Å². The summed E-state index contributed by atoms with van der Waals surface area (Å²) >= 11 is 5.75. The van der Waals surface area contributed by atoms with Gasteiger partial charge in [0.1, 0.15) is 0 Å². The third-order valence-electron chi connectivity index (χ3n) is 2.26. The van der Waals surface area contributed by atoms with Gasteiger partial charge in [-0.1, -0.05) is 30.3 Å². The summed E-state index contributed by atoms with van der Waals surface area (Å²) in [6.45, 7) is 0. The number of hydrogen-bond donors (Lipinski definition) is 0. The van der Waals surface area contributed by atoms with E-state index in [0.29, 0.717) is 5.88 Å². The Bertz CT molecular complexity index is 313. The average molecular weight is 179 g/mol. The lowest BCUT2D eigenvalue weighted by Gasteiger charge is -2.14. The van der Waals surface area contributed by atoms with Gasteiger partial charge in [0.2, 0.25) is 0 Å². The van der Waals surface area contributed by atoms with Crippen molar-refractivity contribution < 1.29 is 0 Å². The van der Waals surface area contributed by atoms with Crippen molar-refractivity contribution in [2.45, 2.75) is 18.7 Å². The monoisotopic (exact) mass is 178 g/mol. The van der Waals surface area contributed by atoms with Gasteiger partial charge in [-0.25, -0.2) is 0 Å². The Labute approximate surface area is 77.9 Å². The number of rotatable bonds is 2. The Balaban J connectivity index is 2.32. The van der Waals surface area contributed by atoms with E-state index in [2.05, 4.69) is 30.3 Å². The summed E-state index contributed by atoms with van der Waals surface area (Å²) in [7, 11) is 0. The largest absolute Gasteiger partial charge is 0.122 e. The molecule has 0 N–H and O–H groups in total. The molecule has 12 heavy (non-hydrogen) atoms. The molecule has 2 rings (SSSR count). The molecular formula is C11H11Cl. The number of alkyl halides is 1. The molecule has 62 valence electrons. The van der Waals surface area contributed by atoms with Crippen molar-refractivity contribution in [2.24, 2.45) is 0 Å². The van der Waals surface area contributed by atoms with Crippen molar-refractivity contribution in [3.8, 4) is 0 Å². The van der Waals surface area contributed by atoms with Gasteiger partial charge < -0.3 is 0 Å². The van der Waals surface area contributed by atoms with Crippen molar-refractivity contribution in [2.75, 3.05) is 0 Å². The van der Waals surface area contributed by atoms with E-state index < -0.39 is 0 Å². The van der Waals surface area contributed by atoms with E-state index >= 15 is 0 Å². The van der Waals surface area contributed by atoms with Gasteiger partial charge in [-0.15, -0.1) is 11.6 Å². The predicted octanol–water partition coefficient (Wildman–Crippen LogP) is 3.60. The van der Waals surface area contributed by atoms with Crippen LogP contribution in [0.4, 0.5) is 0 Å². The van der Waals surface area contributed by atoms with E-state index in [9.17, 15) is 0 Å². The number of hydrogen-bond acceptors (Lipinski definition) is 0. The van der Waals surface area contributed by atoms with E-state index in [4.69, 9.17) is 11.6 Å². The number of halogens is 1. The molecule has 0 nitrogen and oxygen atoms in total. The summed E-state index contributed by atoms with van der Waals surface area (Å²) in [6.07, 6.45) is 4.75. The lowest BCUT2D eigenvalue weighted by molar-refractivity contribution is 0.987. The molecule has 1 aliphatic carbocycles. The highest BCUT2D eigenvalue weighted by atomic mass is 35.5. The number of allylic oxidation sites excluding steroid dienone is 2. The molecule has 0 saturated heterocycles. The molecule has 0 radical (unpaired) electrons. The molecule has 0 saturated carbocycles. The van der Waals surface area contributed by atoms with Gasteiger partial charge in [0.05, 0.1) is 0 Å². The minimum Gasteiger partial charge on any atom is -0.122 e. The van der Waals surface area contributed by atoms with Crippen LogP contribution in [0.15, 0.2) is 30.3 Å². The second-order valence-electron chi connectivity index (χ2n) is 3.10. The molecule has 0 fully saturated rings. The van der Waals surface area contributed by atoms with E-state index in [1.807, 2.05) is 0 Å². The molecule has 1 heteroatoms. The Hall–Kier alpha value is -0.750. The zero-order valence-corrected chi connectivity index (χ0v) is 7.64. The van der Waals surface area contributed by atoms with Gasteiger partial charge in [-0.3, -0.25) is 0 Å². The molecule has 0 unspecified atom stereocenters. The van der Waals surface area contributed by atoms with Crippen LogP contribution < -0.4 is 0 Å². The van der Waals surface area contributed by atoms with E-state index in [1.54, 1.807) is 0 Å². The SMILES string of the molecule is ClCc1cccc(C2=CCC2)c1. The summed E-state index contributed by atoms with van der Waals surface area (Å²) in [5.74, 6) is 0.612. The predicted molar refractivity (Wildman–Crippen MR) is 53.2 cm³/mol. The highest BCUT2D eigenvalue weighted by Gasteiger charge is 2.07. The maximum Gasteiger partial charge on any atom is 0.0474 e. The molecule has 1 aromatic rings. The van der Waals surface area contributed by atoms with Crippen molar-refractivity contribution in [1.82, 2.24) is 0 Å². The standard InChI is InChI=1S/C11H11Cl/c12-8-9-3-1-6-11(7-9)10-4-2-5-10/h1,3-4,6-7H,2,5,8H2. The Morgan fingerprint density at radius 3 is 2.75 bits per heavy atom. The summed E-state index contributed by atoms with van der Waals surface area (Å²) in [6, 6.07) is 8.47. The maximum absolute atomic E-state index is 5.75. The summed E-state index contributed by atoms with van der Waals surface area (Å²) in [5, 5.41) is 0. The van der Waals surface area contributed by atoms with Crippen LogP contribution >= 0.6 is 11.6 Å². The zero-order chi connectivity index (χ0) is 8.39. The fourth-order valence-corrected chi connectivity index (χ4v) is 1.57. The smallest absolute Gasteiger partial charge is 0.0474 e. The molecule has 0 amide bonds. The fourth-order valence-electron chi connectivity index (χ4n) is 1.41. The van der Waals surface area contributed by atoms with Gasteiger partial charge in [-0.2, -0.15) is 0 Å². The molecule has 0 bridgehead atoms.